The van der Waals surface area contributed by atoms with Crippen LogP contribution in [0.25, 0.3) is 10.1 Å². The van der Waals surface area contributed by atoms with Gasteiger partial charge >= 0.3 is 0 Å². The van der Waals surface area contributed by atoms with Crippen molar-refractivity contribution in [3.63, 3.8) is 0 Å². The molecule has 1 amide bonds. The van der Waals surface area contributed by atoms with Crippen LogP contribution in [-0.2, 0) is 9.84 Å². The van der Waals surface area contributed by atoms with E-state index in [2.05, 4.69) is 5.32 Å². The summed E-state index contributed by atoms with van der Waals surface area (Å²) in [7, 11) is -3.11. The smallest absolute Gasteiger partial charge is 0.263 e. The number of halogens is 3. The van der Waals surface area contributed by atoms with Crippen LogP contribution in [-0.4, -0.2) is 31.4 Å². The number of rotatable bonds is 2. The van der Waals surface area contributed by atoms with Gasteiger partial charge < -0.3 is 5.32 Å². The third-order valence-corrected chi connectivity index (χ3v) is 7.82. The second-order valence-corrected chi connectivity index (χ2v) is 10.3. The first-order valence-corrected chi connectivity index (χ1v) is 10.5. The largest absolute Gasteiger partial charge is 0.345 e. The molecule has 1 N–H and O–H groups in total. The Labute approximate surface area is 152 Å². The molecule has 0 saturated carbocycles. The minimum absolute atomic E-state index is 0.0686. The SMILES string of the molecule is CC1(NC(=O)c2sc3cc(Cl)cc(Cl)c3c2Cl)CCS(=O)(=O)C1. The molecule has 1 fully saturated rings. The first kappa shape index (κ1) is 17.3. The minimum Gasteiger partial charge on any atom is -0.345 e. The standard InChI is InChI=1S/C14H12Cl3NO3S2/c1-14(2-3-23(20,21)6-14)18-13(19)12-11(17)10-8(16)4-7(15)5-9(10)22-12/h4-5H,2-3,6H2,1H3,(H,18,19). The summed E-state index contributed by atoms with van der Waals surface area (Å²) in [5.41, 5.74) is -0.781. The Kier molecular flexibility index (Phi) is 4.34. The molecule has 23 heavy (non-hydrogen) atoms. The van der Waals surface area contributed by atoms with Gasteiger partial charge in [0.25, 0.3) is 5.91 Å². The monoisotopic (exact) mass is 411 g/mol. The first-order valence-electron chi connectivity index (χ1n) is 6.70. The molecule has 1 atom stereocenters. The second kappa shape index (κ2) is 5.77. The lowest BCUT2D eigenvalue weighted by Gasteiger charge is -2.23. The zero-order chi connectivity index (χ0) is 17.0. The van der Waals surface area contributed by atoms with Crippen LogP contribution in [0.3, 0.4) is 0 Å². The molecular formula is C14H12Cl3NO3S2. The zero-order valence-corrected chi connectivity index (χ0v) is 15.9. The summed E-state index contributed by atoms with van der Waals surface area (Å²) in [6.07, 6.45) is 0.385. The number of amides is 1. The Morgan fingerprint density at radius 1 is 1.30 bits per heavy atom. The fourth-order valence-corrected chi connectivity index (χ4v) is 7.06. The van der Waals surface area contributed by atoms with Crippen LogP contribution < -0.4 is 5.32 Å². The molecule has 4 nitrogen and oxygen atoms in total. The molecule has 0 radical (unpaired) electrons. The van der Waals surface area contributed by atoms with Crippen LogP contribution >= 0.6 is 46.1 Å². The van der Waals surface area contributed by atoms with E-state index >= 15 is 0 Å². The van der Waals surface area contributed by atoms with Crippen molar-refractivity contribution in [3.8, 4) is 0 Å². The van der Waals surface area contributed by atoms with Crippen molar-refractivity contribution < 1.29 is 13.2 Å². The number of sulfone groups is 1. The maximum absolute atomic E-state index is 12.5. The van der Waals surface area contributed by atoms with E-state index in [4.69, 9.17) is 34.8 Å². The van der Waals surface area contributed by atoms with E-state index in [1.54, 1.807) is 19.1 Å². The molecule has 1 aliphatic heterocycles. The topological polar surface area (TPSA) is 63.2 Å². The van der Waals surface area contributed by atoms with Crippen LogP contribution in [0.15, 0.2) is 12.1 Å². The number of hydrogen-bond acceptors (Lipinski definition) is 4. The molecule has 1 aromatic heterocycles. The van der Waals surface area contributed by atoms with Crippen molar-refractivity contribution in [3.05, 3.63) is 32.1 Å². The minimum atomic E-state index is -3.11. The average Bonchev–Trinajstić information content (AvgIpc) is 2.86. The van der Waals surface area contributed by atoms with E-state index in [1.807, 2.05) is 0 Å². The van der Waals surface area contributed by atoms with E-state index in [1.165, 1.54) is 11.3 Å². The summed E-state index contributed by atoms with van der Waals surface area (Å²) < 4.78 is 24.0. The van der Waals surface area contributed by atoms with Crippen molar-refractivity contribution in [1.82, 2.24) is 5.32 Å². The predicted molar refractivity (Wildman–Crippen MR) is 96.0 cm³/mol. The van der Waals surface area contributed by atoms with Gasteiger partial charge in [-0.15, -0.1) is 11.3 Å². The summed E-state index contributed by atoms with van der Waals surface area (Å²) in [4.78, 5) is 12.8. The summed E-state index contributed by atoms with van der Waals surface area (Å²) >= 11 is 19.6. The van der Waals surface area contributed by atoms with Crippen LogP contribution in [0.2, 0.25) is 15.1 Å². The molecule has 2 aromatic rings. The highest BCUT2D eigenvalue weighted by molar-refractivity contribution is 7.91. The average molecular weight is 413 g/mol. The molecule has 1 aliphatic rings. The van der Waals surface area contributed by atoms with E-state index < -0.39 is 21.3 Å². The Balaban J connectivity index is 1.96. The van der Waals surface area contributed by atoms with Gasteiger partial charge in [-0.2, -0.15) is 0 Å². The highest BCUT2D eigenvalue weighted by Gasteiger charge is 2.40. The number of carbonyl (C=O) groups excluding carboxylic acids is 1. The molecule has 0 bridgehead atoms. The molecule has 0 aliphatic carbocycles. The molecule has 1 saturated heterocycles. The van der Waals surface area contributed by atoms with Gasteiger partial charge in [-0.3, -0.25) is 4.79 Å². The summed E-state index contributed by atoms with van der Waals surface area (Å²) in [6, 6.07) is 3.26. The van der Waals surface area contributed by atoms with Crippen molar-refractivity contribution >= 4 is 72.0 Å². The van der Waals surface area contributed by atoms with Gasteiger partial charge in [-0.1, -0.05) is 34.8 Å². The highest BCUT2D eigenvalue weighted by atomic mass is 35.5. The van der Waals surface area contributed by atoms with Crippen molar-refractivity contribution in [1.29, 1.82) is 0 Å². The van der Waals surface area contributed by atoms with Gasteiger partial charge in [0.2, 0.25) is 0 Å². The maximum atomic E-state index is 12.5. The number of fused-ring (bicyclic) bond motifs is 1. The van der Waals surface area contributed by atoms with Gasteiger partial charge in [0.05, 0.1) is 27.1 Å². The maximum Gasteiger partial charge on any atom is 0.263 e. The lowest BCUT2D eigenvalue weighted by Crippen LogP contribution is -2.46. The molecule has 1 aromatic carbocycles. The number of hydrogen-bond donors (Lipinski definition) is 1. The highest BCUT2D eigenvalue weighted by Crippen LogP contribution is 2.41. The van der Waals surface area contributed by atoms with Gasteiger partial charge in [0, 0.05) is 15.1 Å². The Bertz CT molecular complexity index is 923. The molecular weight excluding hydrogens is 401 g/mol. The summed E-state index contributed by atoms with van der Waals surface area (Å²) in [6.45, 7) is 1.72. The molecule has 3 rings (SSSR count). The van der Waals surface area contributed by atoms with Crippen LogP contribution in [0.4, 0.5) is 0 Å². The van der Waals surface area contributed by atoms with Crippen molar-refractivity contribution in [2.24, 2.45) is 0 Å². The fraction of sp³-hybridized carbons (Fsp3) is 0.357. The van der Waals surface area contributed by atoms with E-state index in [0.717, 1.165) is 0 Å². The fourth-order valence-electron chi connectivity index (χ4n) is 2.70. The number of benzene rings is 1. The third kappa shape index (κ3) is 3.33. The predicted octanol–water partition coefficient (Wildman–Crippen LogP) is 4.17. The zero-order valence-electron chi connectivity index (χ0n) is 12.0. The van der Waals surface area contributed by atoms with Gasteiger partial charge in [-0.05, 0) is 25.5 Å². The van der Waals surface area contributed by atoms with Crippen LogP contribution in [0.5, 0.6) is 0 Å². The molecule has 2 heterocycles. The number of carbonyl (C=O) groups is 1. The summed E-state index contributed by atoms with van der Waals surface area (Å²) in [5, 5.41) is 4.47. The van der Waals surface area contributed by atoms with Gasteiger partial charge in [0.1, 0.15) is 4.88 Å². The number of nitrogens with one attached hydrogen (secondary N) is 1. The van der Waals surface area contributed by atoms with E-state index in [9.17, 15) is 13.2 Å². The van der Waals surface area contributed by atoms with Crippen LogP contribution in [0.1, 0.15) is 23.0 Å². The van der Waals surface area contributed by atoms with Gasteiger partial charge in [-0.25, -0.2) is 8.42 Å². The lowest BCUT2D eigenvalue weighted by molar-refractivity contribution is 0.0920. The Morgan fingerprint density at radius 2 is 2.00 bits per heavy atom. The summed E-state index contributed by atoms with van der Waals surface area (Å²) in [5.74, 6) is -0.394. The van der Waals surface area contributed by atoms with Crippen molar-refractivity contribution in [2.45, 2.75) is 18.9 Å². The van der Waals surface area contributed by atoms with E-state index in [-0.39, 0.29) is 16.5 Å². The van der Waals surface area contributed by atoms with Gasteiger partial charge in [0.15, 0.2) is 9.84 Å². The lowest BCUT2D eigenvalue weighted by atomic mass is 10.0. The Morgan fingerprint density at radius 3 is 2.61 bits per heavy atom. The molecule has 1 unspecified atom stereocenters. The Hall–Kier alpha value is -0.530. The molecule has 0 spiro atoms. The number of thiophene rings is 1. The third-order valence-electron chi connectivity index (χ3n) is 3.77. The molecule has 9 heteroatoms. The van der Waals surface area contributed by atoms with Crippen molar-refractivity contribution in [2.75, 3.05) is 11.5 Å². The molecule has 124 valence electrons. The van der Waals surface area contributed by atoms with Crippen LogP contribution in [0, 0.1) is 0 Å². The second-order valence-electron chi connectivity index (χ2n) is 5.86. The quantitative estimate of drug-likeness (QED) is 0.805. The van der Waals surface area contributed by atoms with E-state index in [0.29, 0.717) is 31.4 Å². The first-order chi connectivity index (χ1) is 10.6. The normalized spacial score (nSPS) is 23.3.